The van der Waals surface area contributed by atoms with Crippen LogP contribution in [0.25, 0.3) is 0 Å². The van der Waals surface area contributed by atoms with Crippen molar-refractivity contribution in [2.24, 2.45) is 0 Å². The third kappa shape index (κ3) is 4.07. The van der Waals surface area contributed by atoms with Crippen LogP contribution < -0.4 is 10.6 Å². The van der Waals surface area contributed by atoms with Crippen LogP contribution in [0.1, 0.15) is 25.3 Å². The van der Waals surface area contributed by atoms with Crippen molar-refractivity contribution in [3.8, 4) is 0 Å². The van der Waals surface area contributed by atoms with Crippen LogP contribution in [0.5, 0.6) is 0 Å². The van der Waals surface area contributed by atoms with Gasteiger partial charge in [0.2, 0.25) is 5.91 Å². The molecule has 0 aromatic heterocycles. The maximum Gasteiger partial charge on any atom is 0.329 e. The highest BCUT2D eigenvalue weighted by Crippen LogP contribution is 2.23. The molecule has 118 valence electrons. The van der Waals surface area contributed by atoms with E-state index in [-0.39, 0.29) is 5.91 Å². The summed E-state index contributed by atoms with van der Waals surface area (Å²) in [6.45, 7) is 3.43. The summed E-state index contributed by atoms with van der Waals surface area (Å²) in [6.07, 6.45) is -0.246. The number of benzene rings is 1. The Labute approximate surface area is 136 Å². The monoisotopic (exact) mass is 368 g/mol. The molecular weight excluding hydrogens is 352 g/mol. The van der Waals surface area contributed by atoms with Crippen LogP contribution in [0, 0.1) is 6.92 Å². The van der Waals surface area contributed by atoms with Gasteiger partial charge in [0, 0.05) is 10.9 Å². The van der Waals surface area contributed by atoms with E-state index in [0.717, 1.165) is 10.0 Å². The molecule has 0 saturated carbocycles. The smallest absolute Gasteiger partial charge is 0.329 e. The van der Waals surface area contributed by atoms with Crippen molar-refractivity contribution in [3.05, 3.63) is 28.2 Å². The summed E-state index contributed by atoms with van der Waals surface area (Å²) in [5.41, 5.74) is 1.66. The molecule has 2 N–H and O–H groups in total. The van der Waals surface area contributed by atoms with Gasteiger partial charge in [-0.05, 0) is 53.9 Å². The van der Waals surface area contributed by atoms with Gasteiger partial charge >= 0.3 is 5.97 Å². The number of carbonyl (C=O) groups excluding carboxylic acids is 3. The molecule has 2 atom stereocenters. The highest BCUT2D eigenvalue weighted by atomic mass is 79.9. The van der Waals surface area contributed by atoms with Gasteiger partial charge in [-0.3, -0.25) is 9.59 Å². The number of rotatable bonds is 4. The van der Waals surface area contributed by atoms with Crippen LogP contribution in [0.4, 0.5) is 5.69 Å². The number of ether oxygens (including phenoxy) is 1. The van der Waals surface area contributed by atoms with Crippen molar-refractivity contribution in [3.63, 3.8) is 0 Å². The number of anilines is 1. The normalized spacial score (nSPS) is 18.5. The second kappa shape index (κ2) is 6.91. The molecule has 2 amide bonds. The number of hydrogen-bond donors (Lipinski definition) is 2. The molecule has 1 aliphatic rings. The zero-order valence-electron chi connectivity index (χ0n) is 12.3. The molecule has 1 fully saturated rings. The minimum Gasteiger partial charge on any atom is -0.451 e. The van der Waals surface area contributed by atoms with E-state index in [1.807, 2.05) is 19.1 Å². The van der Waals surface area contributed by atoms with E-state index in [9.17, 15) is 14.4 Å². The van der Waals surface area contributed by atoms with Crippen molar-refractivity contribution >= 4 is 39.4 Å². The second-order valence-electron chi connectivity index (χ2n) is 5.21. The Balaban J connectivity index is 1.91. The van der Waals surface area contributed by atoms with Gasteiger partial charge in [-0.1, -0.05) is 6.07 Å². The van der Waals surface area contributed by atoms with E-state index >= 15 is 0 Å². The fraction of sp³-hybridized carbons (Fsp3) is 0.400. The third-order valence-electron chi connectivity index (χ3n) is 3.32. The Morgan fingerprint density at radius 1 is 1.45 bits per heavy atom. The predicted octanol–water partition coefficient (Wildman–Crippen LogP) is 1.91. The number of aryl methyl sites for hydroxylation is 1. The summed E-state index contributed by atoms with van der Waals surface area (Å²) in [5, 5.41) is 5.20. The summed E-state index contributed by atoms with van der Waals surface area (Å²) in [4.78, 5) is 35.0. The highest BCUT2D eigenvalue weighted by Gasteiger charge is 2.30. The van der Waals surface area contributed by atoms with Crippen molar-refractivity contribution < 1.29 is 19.1 Å². The average Bonchev–Trinajstić information content (AvgIpc) is 2.88. The average molecular weight is 369 g/mol. The zero-order chi connectivity index (χ0) is 16.3. The molecule has 1 saturated heterocycles. The number of hydrogen-bond acceptors (Lipinski definition) is 4. The molecule has 22 heavy (non-hydrogen) atoms. The summed E-state index contributed by atoms with van der Waals surface area (Å²) in [7, 11) is 0. The molecule has 0 spiro atoms. The first kappa shape index (κ1) is 16.5. The van der Waals surface area contributed by atoms with Gasteiger partial charge in [0.05, 0.1) is 5.69 Å². The second-order valence-corrected chi connectivity index (χ2v) is 6.06. The maximum absolute atomic E-state index is 12.1. The van der Waals surface area contributed by atoms with Crippen LogP contribution in [0.15, 0.2) is 22.7 Å². The summed E-state index contributed by atoms with van der Waals surface area (Å²) in [5.74, 6) is -1.19. The molecule has 1 aromatic rings. The summed E-state index contributed by atoms with van der Waals surface area (Å²) >= 11 is 3.37. The SMILES string of the molecule is Cc1ccc(NC(=O)[C@H](C)OC(=O)[C@@H]2CCC(=O)N2)c(Br)c1. The molecule has 0 bridgehead atoms. The Hall–Kier alpha value is -1.89. The van der Waals surface area contributed by atoms with Crippen LogP contribution in [-0.4, -0.2) is 29.9 Å². The van der Waals surface area contributed by atoms with Gasteiger partial charge in [-0.25, -0.2) is 4.79 Å². The van der Waals surface area contributed by atoms with Gasteiger partial charge < -0.3 is 15.4 Å². The lowest BCUT2D eigenvalue weighted by Gasteiger charge is -2.16. The molecule has 1 heterocycles. The first-order valence-corrected chi connectivity index (χ1v) is 7.73. The molecule has 1 aromatic carbocycles. The molecular formula is C15H17BrN2O4. The minimum atomic E-state index is -0.946. The van der Waals surface area contributed by atoms with Crippen LogP contribution >= 0.6 is 15.9 Å². The Morgan fingerprint density at radius 3 is 2.77 bits per heavy atom. The molecule has 2 rings (SSSR count). The topological polar surface area (TPSA) is 84.5 Å². The van der Waals surface area contributed by atoms with E-state index in [2.05, 4.69) is 26.6 Å². The Kier molecular flexibility index (Phi) is 5.18. The largest absolute Gasteiger partial charge is 0.451 e. The fourth-order valence-electron chi connectivity index (χ4n) is 2.06. The number of amides is 2. The van der Waals surface area contributed by atoms with Crippen LogP contribution in [0.2, 0.25) is 0 Å². The molecule has 0 unspecified atom stereocenters. The Bertz CT molecular complexity index is 618. The first-order valence-electron chi connectivity index (χ1n) is 6.93. The van der Waals surface area contributed by atoms with E-state index in [0.29, 0.717) is 18.5 Å². The highest BCUT2D eigenvalue weighted by molar-refractivity contribution is 9.10. The number of nitrogens with one attached hydrogen (secondary N) is 2. The molecule has 7 heteroatoms. The lowest BCUT2D eigenvalue weighted by Crippen LogP contribution is -2.39. The quantitative estimate of drug-likeness (QED) is 0.795. The summed E-state index contributed by atoms with van der Waals surface area (Å²) in [6, 6.07) is 4.85. The molecule has 0 radical (unpaired) electrons. The molecule has 0 aliphatic carbocycles. The predicted molar refractivity (Wildman–Crippen MR) is 84.2 cm³/mol. The van der Waals surface area contributed by atoms with Gasteiger partial charge in [0.15, 0.2) is 6.10 Å². The number of halogens is 1. The minimum absolute atomic E-state index is 0.178. The first-order chi connectivity index (χ1) is 10.4. The lowest BCUT2D eigenvalue weighted by molar-refractivity contribution is -0.155. The van der Waals surface area contributed by atoms with E-state index in [1.165, 1.54) is 6.92 Å². The number of esters is 1. The standard InChI is InChI=1S/C15H17BrN2O4/c1-8-3-4-11(10(16)7-8)18-14(20)9(2)22-15(21)12-5-6-13(19)17-12/h3-4,7,9,12H,5-6H2,1-2H3,(H,17,19)(H,18,20)/t9-,12-/m0/s1. The fourth-order valence-corrected chi connectivity index (χ4v) is 2.65. The van der Waals surface area contributed by atoms with Crippen molar-refractivity contribution in [1.29, 1.82) is 0 Å². The maximum atomic E-state index is 12.1. The van der Waals surface area contributed by atoms with E-state index < -0.39 is 24.0 Å². The van der Waals surface area contributed by atoms with E-state index in [1.54, 1.807) is 6.07 Å². The van der Waals surface area contributed by atoms with Crippen LogP contribution in [-0.2, 0) is 19.1 Å². The molecule has 6 nitrogen and oxygen atoms in total. The summed E-state index contributed by atoms with van der Waals surface area (Å²) < 4.78 is 5.85. The van der Waals surface area contributed by atoms with Gasteiger partial charge in [0.1, 0.15) is 6.04 Å². The molecule has 1 aliphatic heterocycles. The van der Waals surface area contributed by atoms with Crippen molar-refractivity contribution in [1.82, 2.24) is 5.32 Å². The van der Waals surface area contributed by atoms with Crippen molar-refractivity contribution in [2.75, 3.05) is 5.32 Å². The third-order valence-corrected chi connectivity index (χ3v) is 3.98. The van der Waals surface area contributed by atoms with Gasteiger partial charge in [-0.2, -0.15) is 0 Å². The van der Waals surface area contributed by atoms with Crippen molar-refractivity contribution in [2.45, 2.75) is 38.8 Å². The van der Waals surface area contributed by atoms with Gasteiger partial charge in [0.25, 0.3) is 5.91 Å². The number of carbonyl (C=O) groups is 3. The zero-order valence-corrected chi connectivity index (χ0v) is 13.9. The Morgan fingerprint density at radius 2 is 2.18 bits per heavy atom. The lowest BCUT2D eigenvalue weighted by atomic mass is 10.2. The van der Waals surface area contributed by atoms with E-state index in [4.69, 9.17) is 4.74 Å². The van der Waals surface area contributed by atoms with Gasteiger partial charge in [-0.15, -0.1) is 0 Å². The van der Waals surface area contributed by atoms with Crippen LogP contribution in [0.3, 0.4) is 0 Å².